The first-order valence-electron chi connectivity index (χ1n) is 11.3. The highest BCUT2D eigenvalue weighted by atomic mass is 16.4. The molecule has 28 heavy (non-hydrogen) atoms. The molecular weight excluding hydrogens is 344 g/mol. The average molecular weight is 395 g/mol. The van der Waals surface area contributed by atoms with Crippen molar-refractivity contribution in [2.24, 2.45) is 44.4 Å². The molecule has 0 saturated heterocycles. The Morgan fingerprint density at radius 3 is 1.79 bits per heavy atom. The second-order valence-corrected chi connectivity index (χ2v) is 12.7. The van der Waals surface area contributed by atoms with Gasteiger partial charge in [-0.15, -0.1) is 0 Å². The molecule has 4 saturated carbocycles. The predicted octanol–water partition coefficient (Wildman–Crippen LogP) is 7.27. The van der Waals surface area contributed by atoms with E-state index in [4.69, 9.17) is 10.9 Å². The largest absolute Gasteiger partial charge is 0.411 e. The standard InChI is InChI=1S/C12H21NO.C12H23N.CH4.H2/c1-11(2)6-10(13-14)7-12(3,8-11)9-4-5-9;1-11(2)6-10(13)7-12(3,8-11)9-4-5-9;;/h9,14H,4-8H2,1-3H3;9-10H,4-8,13H2,1-3H3;1H4;1H/b13-10+;;;. The molecule has 3 unspecified atom stereocenters. The fraction of sp³-hybridized carbons (Fsp3) is 0.960. The van der Waals surface area contributed by atoms with E-state index in [0.717, 1.165) is 30.4 Å². The maximum atomic E-state index is 8.95. The summed E-state index contributed by atoms with van der Waals surface area (Å²) in [4.78, 5) is 0. The molecule has 4 rings (SSSR count). The van der Waals surface area contributed by atoms with Crippen LogP contribution in [0.2, 0.25) is 0 Å². The van der Waals surface area contributed by atoms with E-state index in [1.54, 1.807) is 0 Å². The number of nitrogens with two attached hydrogens (primary N) is 1. The smallest absolute Gasteiger partial charge is 0.0581 e. The summed E-state index contributed by atoms with van der Waals surface area (Å²) >= 11 is 0. The van der Waals surface area contributed by atoms with Crippen LogP contribution in [-0.2, 0) is 0 Å². The minimum atomic E-state index is 0. The lowest BCUT2D eigenvalue weighted by Gasteiger charge is -2.46. The monoisotopic (exact) mass is 394 g/mol. The fourth-order valence-corrected chi connectivity index (χ4v) is 7.15. The SMILES string of the molecule is C.CC1(C)C/C(=N\O)CC(C)(C2CC2)C1.CC1(C)CC(N)CC(C)(C2CC2)C1.[HH]. The van der Waals surface area contributed by atoms with Crippen molar-refractivity contribution in [3.63, 3.8) is 0 Å². The maximum absolute atomic E-state index is 8.95. The molecule has 0 heterocycles. The molecule has 4 aliphatic rings. The van der Waals surface area contributed by atoms with Gasteiger partial charge in [-0.1, -0.05) is 54.1 Å². The molecule has 0 aromatic rings. The van der Waals surface area contributed by atoms with Gasteiger partial charge < -0.3 is 10.9 Å². The number of oxime groups is 1. The van der Waals surface area contributed by atoms with Crippen molar-refractivity contribution < 1.29 is 6.63 Å². The predicted molar refractivity (Wildman–Crippen MR) is 123 cm³/mol. The van der Waals surface area contributed by atoms with Gasteiger partial charge in [0, 0.05) is 7.47 Å². The summed E-state index contributed by atoms with van der Waals surface area (Å²) in [5.41, 5.74) is 8.94. The van der Waals surface area contributed by atoms with E-state index in [9.17, 15) is 0 Å². The minimum absolute atomic E-state index is 0. The van der Waals surface area contributed by atoms with Crippen molar-refractivity contribution in [2.45, 2.75) is 119 Å². The van der Waals surface area contributed by atoms with Crippen molar-refractivity contribution in [1.29, 1.82) is 0 Å². The van der Waals surface area contributed by atoms with Gasteiger partial charge in [0.05, 0.1) is 5.71 Å². The highest BCUT2D eigenvalue weighted by Crippen LogP contribution is 2.57. The van der Waals surface area contributed by atoms with Crippen LogP contribution in [0.3, 0.4) is 0 Å². The molecule has 3 atom stereocenters. The van der Waals surface area contributed by atoms with Crippen molar-refractivity contribution >= 4 is 5.71 Å². The van der Waals surface area contributed by atoms with E-state index in [-0.39, 0.29) is 8.85 Å². The highest BCUT2D eigenvalue weighted by molar-refractivity contribution is 5.86. The third kappa shape index (κ3) is 5.74. The normalized spacial score (nSPS) is 40.8. The second-order valence-electron chi connectivity index (χ2n) is 12.7. The zero-order valence-electron chi connectivity index (χ0n) is 18.8. The average Bonchev–Trinajstić information content (AvgIpc) is 3.36. The minimum Gasteiger partial charge on any atom is -0.411 e. The van der Waals surface area contributed by atoms with Gasteiger partial charge in [0.1, 0.15) is 0 Å². The zero-order valence-corrected chi connectivity index (χ0v) is 18.8. The molecule has 0 amide bonds. The molecule has 3 N–H and O–H groups in total. The van der Waals surface area contributed by atoms with Crippen LogP contribution in [0, 0.1) is 33.5 Å². The van der Waals surface area contributed by atoms with E-state index < -0.39 is 0 Å². The van der Waals surface area contributed by atoms with Crippen molar-refractivity contribution in [3.05, 3.63) is 0 Å². The topological polar surface area (TPSA) is 58.6 Å². The molecule has 4 aliphatic carbocycles. The van der Waals surface area contributed by atoms with Gasteiger partial charge in [0.2, 0.25) is 0 Å². The lowest BCUT2D eigenvalue weighted by molar-refractivity contribution is 0.0647. The molecule has 0 radical (unpaired) electrons. The van der Waals surface area contributed by atoms with Gasteiger partial charge in [0.15, 0.2) is 0 Å². The van der Waals surface area contributed by atoms with E-state index in [1.165, 1.54) is 51.4 Å². The molecule has 0 aliphatic heterocycles. The molecule has 0 aromatic carbocycles. The zero-order chi connectivity index (χ0) is 20.1. The van der Waals surface area contributed by atoms with Crippen LogP contribution in [0.25, 0.3) is 0 Å². The van der Waals surface area contributed by atoms with Gasteiger partial charge >= 0.3 is 0 Å². The van der Waals surface area contributed by atoms with Crippen LogP contribution >= 0.6 is 0 Å². The number of rotatable bonds is 2. The van der Waals surface area contributed by atoms with Gasteiger partial charge in [-0.05, 0) is 97.7 Å². The Hall–Kier alpha value is -0.570. The Bertz CT molecular complexity index is 579. The van der Waals surface area contributed by atoms with Gasteiger partial charge in [-0.2, -0.15) is 0 Å². The summed E-state index contributed by atoms with van der Waals surface area (Å²) in [5, 5.41) is 12.4. The highest BCUT2D eigenvalue weighted by Gasteiger charge is 2.49. The van der Waals surface area contributed by atoms with Crippen LogP contribution in [0.15, 0.2) is 5.16 Å². The van der Waals surface area contributed by atoms with Gasteiger partial charge in [-0.3, -0.25) is 0 Å². The molecule has 0 aromatic heterocycles. The summed E-state index contributed by atoms with van der Waals surface area (Å²) in [7, 11) is 0. The molecule has 166 valence electrons. The van der Waals surface area contributed by atoms with E-state index in [1.807, 2.05) is 0 Å². The number of hydrogen-bond donors (Lipinski definition) is 2. The Labute approximate surface area is 176 Å². The van der Waals surface area contributed by atoms with E-state index in [0.29, 0.717) is 27.7 Å². The summed E-state index contributed by atoms with van der Waals surface area (Å²) in [6.07, 6.45) is 12.8. The van der Waals surface area contributed by atoms with E-state index >= 15 is 0 Å². The van der Waals surface area contributed by atoms with Crippen LogP contribution in [0.5, 0.6) is 0 Å². The third-order valence-corrected chi connectivity index (χ3v) is 7.87. The molecule has 0 spiro atoms. The summed E-state index contributed by atoms with van der Waals surface area (Å²) in [6.45, 7) is 14.2. The van der Waals surface area contributed by atoms with Gasteiger partial charge in [-0.25, -0.2) is 0 Å². The number of nitrogens with zero attached hydrogens (tertiary/aromatic N) is 1. The summed E-state index contributed by atoms with van der Waals surface area (Å²) in [6, 6.07) is 0.453. The van der Waals surface area contributed by atoms with Crippen molar-refractivity contribution in [3.8, 4) is 0 Å². The second kappa shape index (κ2) is 7.93. The first kappa shape index (κ1) is 23.7. The summed E-state index contributed by atoms with van der Waals surface area (Å²) in [5.74, 6) is 1.89. The van der Waals surface area contributed by atoms with Crippen molar-refractivity contribution in [2.75, 3.05) is 0 Å². The Kier molecular flexibility index (Phi) is 6.71. The third-order valence-electron chi connectivity index (χ3n) is 7.87. The Balaban J connectivity index is 0.000000272. The van der Waals surface area contributed by atoms with Crippen LogP contribution in [0.4, 0.5) is 0 Å². The molecular formula is C25H50N2O. The van der Waals surface area contributed by atoms with E-state index in [2.05, 4.69) is 46.7 Å². The Morgan fingerprint density at radius 2 is 1.32 bits per heavy atom. The van der Waals surface area contributed by atoms with Crippen molar-refractivity contribution in [1.82, 2.24) is 0 Å². The molecule has 0 bridgehead atoms. The van der Waals surface area contributed by atoms with Crippen LogP contribution in [-0.4, -0.2) is 17.0 Å². The first-order valence-corrected chi connectivity index (χ1v) is 11.3. The Morgan fingerprint density at radius 1 is 0.821 bits per heavy atom. The van der Waals surface area contributed by atoms with Crippen LogP contribution < -0.4 is 5.73 Å². The lowest BCUT2D eigenvalue weighted by Crippen LogP contribution is -2.43. The first-order chi connectivity index (χ1) is 12.4. The summed E-state index contributed by atoms with van der Waals surface area (Å²) < 4.78 is 0. The number of hydrogen-bond acceptors (Lipinski definition) is 3. The fourth-order valence-electron chi connectivity index (χ4n) is 7.15. The molecule has 3 nitrogen and oxygen atoms in total. The quantitative estimate of drug-likeness (QED) is 0.382. The van der Waals surface area contributed by atoms with Crippen LogP contribution in [0.1, 0.15) is 115 Å². The van der Waals surface area contributed by atoms with Gasteiger partial charge in [0.25, 0.3) is 0 Å². The lowest BCUT2D eigenvalue weighted by atomic mass is 9.61. The molecule has 3 heteroatoms. The maximum Gasteiger partial charge on any atom is 0.0581 e. The molecule has 4 fully saturated rings.